The lowest BCUT2D eigenvalue weighted by Gasteiger charge is -2.12. The molecule has 0 aromatic carbocycles. The third-order valence-electron chi connectivity index (χ3n) is 1.43. The van der Waals surface area contributed by atoms with Gasteiger partial charge in [0.1, 0.15) is 0 Å². The number of hydrogen-bond donors (Lipinski definition) is 0. The average molecular weight is 135 g/mol. The summed E-state index contributed by atoms with van der Waals surface area (Å²) >= 11 is 0. The molecule has 0 saturated carbocycles. The summed E-state index contributed by atoms with van der Waals surface area (Å²) < 4.78 is 0. The van der Waals surface area contributed by atoms with E-state index in [0.29, 0.717) is 0 Å². The summed E-state index contributed by atoms with van der Waals surface area (Å²) in [4.78, 5) is 4.12. The van der Waals surface area contributed by atoms with E-state index in [9.17, 15) is 0 Å². The van der Waals surface area contributed by atoms with Gasteiger partial charge in [-0.05, 0) is 13.0 Å². The standard InChI is InChI=1S/C9H13N/c1-8-4-5-10-7-9(2,3)6-8/h4-7H,1-3H3. The molecule has 1 heteroatoms. The minimum Gasteiger partial charge on any atom is -0.268 e. The lowest BCUT2D eigenvalue weighted by molar-refractivity contribution is 0.691. The molecule has 0 amide bonds. The first-order valence-electron chi connectivity index (χ1n) is 3.50. The van der Waals surface area contributed by atoms with Gasteiger partial charge in [-0.3, -0.25) is 4.99 Å². The summed E-state index contributed by atoms with van der Waals surface area (Å²) in [5.74, 6) is 0. The van der Waals surface area contributed by atoms with E-state index in [1.807, 2.05) is 18.5 Å². The van der Waals surface area contributed by atoms with Gasteiger partial charge in [-0.15, -0.1) is 0 Å². The molecule has 0 aromatic heterocycles. The maximum atomic E-state index is 4.12. The molecule has 0 spiro atoms. The maximum absolute atomic E-state index is 4.12. The van der Waals surface area contributed by atoms with Gasteiger partial charge in [0, 0.05) is 17.8 Å². The summed E-state index contributed by atoms with van der Waals surface area (Å²) in [5.41, 5.74) is 1.40. The zero-order chi connectivity index (χ0) is 7.61. The van der Waals surface area contributed by atoms with E-state index in [0.717, 1.165) is 0 Å². The Morgan fingerprint density at radius 1 is 1.40 bits per heavy atom. The Hall–Kier alpha value is -0.850. The number of aliphatic imine (C=N–C) groups is 1. The lowest BCUT2D eigenvalue weighted by atomic mass is 9.93. The smallest absolute Gasteiger partial charge is 0.0266 e. The van der Waals surface area contributed by atoms with Gasteiger partial charge in [0.25, 0.3) is 0 Å². The first-order valence-corrected chi connectivity index (χ1v) is 3.50. The first-order chi connectivity index (χ1) is 4.60. The number of hydrogen-bond acceptors (Lipinski definition) is 1. The van der Waals surface area contributed by atoms with E-state index in [1.165, 1.54) is 5.57 Å². The molecule has 0 unspecified atom stereocenters. The van der Waals surface area contributed by atoms with Crippen LogP contribution in [0.1, 0.15) is 20.8 Å². The molecule has 10 heavy (non-hydrogen) atoms. The molecule has 1 aliphatic rings. The van der Waals surface area contributed by atoms with Crippen molar-refractivity contribution in [2.45, 2.75) is 20.8 Å². The van der Waals surface area contributed by atoms with E-state index < -0.39 is 0 Å². The predicted molar refractivity (Wildman–Crippen MR) is 45.2 cm³/mol. The highest BCUT2D eigenvalue weighted by molar-refractivity contribution is 5.69. The second kappa shape index (κ2) is 2.41. The Labute approximate surface area is 62.2 Å². The fourth-order valence-electron chi connectivity index (χ4n) is 1.07. The van der Waals surface area contributed by atoms with Crippen molar-refractivity contribution < 1.29 is 0 Å². The van der Waals surface area contributed by atoms with Crippen LogP contribution in [0.2, 0.25) is 0 Å². The highest BCUT2D eigenvalue weighted by Gasteiger charge is 2.11. The lowest BCUT2D eigenvalue weighted by Crippen LogP contribution is -2.08. The van der Waals surface area contributed by atoms with Crippen LogP contribution in [0.15, 0.2) is 28.9 Å². The van der Waals surface area contributed by atoms with E-state index in [1.54, 1.807) is 0 Å². The Bertz CT molecular complexity index is 207. The van der Waals surface area contributed by atoms with Crippen molar-refractivity contribution in [2.75, 3.05) is 0 Å². The monoisotopic (exact) mass is 135 g/mol. The topological polar surface area (TPSA) is 12.4 Å². The van der Waals surface area contributed by atoms with Crippen LogP contribution in [0.5, 0.6) is 0 Å². The van der Waals surface area contributed by atoms with Crippen molar-refractivity contribution >= 4 is 6.21 Å². The molecule has 1 heterocycles. The van der Waals surface area contributed by atoms with Gasteiger partial charge in [-0.2, -0.15) is 0 Å². The molecule has 1 aliphatic heterocycles. The molecule has 0 fully saturated rings. The van der Waals surface area contributed by atoms with Gasteiger partial charge < -0.3 is 0 Å². The molecule has 0 N–H and O–H groups in total. The van der Waals surface area contributed by atoms with Crippen molar-refractivity contribution in [1.29, 1.82) is 0 Å². The highest BCUT2D eigenvalue weighted by atomic mass is 14.7. The summed E-state index contributed by atoms with van der Waals surface area (Å²) in [5, 5.41) is 0. The molecule has 54 valence electrons. The zero-order valence-electron chi connectivity index (χ0n) is 6.76. The van der Waals surface area contributed by atoms with Crippen LogP contribution >= 0.6 is 0 Å². The average Bonchev–Trinajstić information content (AvgIpc) is 1.90. The van der Waals surface area contributed by atoms with Crippen molar-refractivity contribution in [3.63, 3.8) is 0 Å². The van der Waals surface area contributed by atoms with Crippen LogP contribution in [0.25, 0.3) is 0 Å². The van der Waals surface area contributed by atoms with Gasteiger partial charge in [0.05, 0.1) is 0 Å². The molecule has 0 atom stereocenters. The molecule has 0 aliphatic carbocycles. The van der Waals surface area contributed by atoms with Gasteiger partial charge in [-0.1, -0.05) is 25.5 Å². The first kappa shape index (κ1) is 7.26. The number of rotatable bonds is 0. The zero-order valence-corrected chi connectivity index (χ0v) is 6.76. The van der Waals surface area contributed by atoms with Crippen molar-refractivity contribution in [1.82, 2.24) is 0 Å². The van der Waals surface area contributed by atoms with Crippen LogP contribution in [-0.2, 0) is 0 Å². The Morgan fingerprint density at radius 2 is 2.10 bits per heavy atom. The van der Waals surface area contributed by atoms with Crippen LogP contribution in [0.4, 0.5) is 0 Å². The fraction of sp³-hybridized carbons (Fsp3) is 0.444. The van der Waals surface area contributed by atoms with E-state index in [2.05, 4.69) is 31.8 Å². The fourth-order valence-corrected chi connectivity index (χ4v) is 1.07. The Morgan fingerprint density at radius 3 is 2.80 bits per heavy atom. The van der Waals surface area contributed by atoms with Crippen LogP contribution < -0.4 is 0 Å². The summed E-state index contributed by atoms with van der Waals surface area (Å²) in [6.07, 6.45) is 8.02. The van der Waals surface area contributed by atoms with Crippen molar-refractivity contribution in [3.8, 4) is 0 Å². The number of nitrogens with zero attached hydrogens (tertiary/aromatic N) is 1. The minimum absolute atomic E-state index is 0.119. The predicted octanol–water partition coefficient (Wildman–Crippen LogP) is 2.56. The molecular formula is C9H13N. The Kier molecular flexibility index (Phi) is 1.75. The normalized spacial score (nSPS) is 22.1. The van der Waals surface area contributed by atoms with Crippen LogP contribution in [0, 0.1) is 5.41 Å². The minimum atomic E-state index is 0.119. The SMILES string of the molecule is CC1=CC(C)(C)C=NC=C1. The van der Waals surface area contributed by atoms with E-state index in [4.69, 9.17) is 0 Å². The summed E-state index contributed by atoms with van der Waals surface area (Å²) in [6, 6.07) is 0. The largest absolute Gasteiger partial charge is 0.268 e. The third kappa shape index (κ3) is 1.83. The molecule has 1 nitrogen and oxygen atoms in total. The second-order valence-electron chi connectivity index (χ2n) is 3.30. The van der Waals surface area contributed by atoms with Gasteiger partial charge in [0.15, 0.2) is 0 Å². The second-order valence-corrected chi connectivity index (χ2v) is 3.30. The van der Waals surface area contributed by atoms with Gasteiger partial charge in [0.2, 0.25) is 0 Å². The molecule has 0 radical (unpaired) electrons. The molecular weight excluding hydrogens is 122 g/mol. The molecule has 0 bridgehead atoms. The highest BCUT2D eigenvalue weighted by Crippen LogP contribution is 2.18. The summed E-state index contributed by atoms with van der Waals surface area (Å²) in [6.45, 7) is 6.38. The van der Waals surface area contributed by atoms with Crippen molar-refractivity contribution in [3.05, 3.63) is 23.9 Å². The van der Waals surface area contributed by atoms with Crippen molar-refractivity contribution in [2.24, 2.45) is 10.4 Å². The number of allylic oxidation sites excluding steroid dienone is 3. The third-order valence-corrected chi connectivity index (χ3v) is 1.43. The molecule has 1 rings (SSSR count). The quantitative estimate of drug-likeness (QED) is 0.484. The maximum Gasteiger partial charge on any atom is 0.0266 e. The van der Waals surface area contributed by atoms with Gasteiger partial charge in [-0.25, -0.2) is 0 Å². The molecule has 0 aromatic rings. The van der Waals surface area contributed by atoms with Gasteiger partial charge >= 0.3 is 0 Å². The van der Waals surface area contributed by atoms with Crippen LogP contribution in [0.3, 0.4) is 0 Å². The summed E-state index contributed by atoms with van der Waals surface area (Å²) in [7, 11) is 0. The van der Waals surface area contributed by atoms with E-state index in [-0.39, 0.29) is 5.41 Å². The van der Waals surface area contributed by atoms with Crippen LogP contribution in [-0.4, -0.2) is 6.21 Å². The Balaban J connectivity index is 2.93. The van der Waals surface area contributed by atoms with E-state index >= 15 is 0 Å². The molecule has 0 saturated heterocycles.